The van der Waals surface area contributed by atoms with Gasteiger partial charge in [0.05, 0.1) is 5.56 Å². The van der Waals surface area contributed by atoms with E-state index in [2.05, 4.69) is 10.3 Å². The molecule has 0 aromatic carbocycles. The van der Waals surface area contributed by atoms with Crippen LogP contribution < -0.4 is 10.1 Å². The van der Waals surface area contributed by atoms with Crippen LogP contribution in [0.2, 0.25) is 0 Å². The molecule has 1 aromatic rings. The zero-order valence-corrected chi connectivity index (χ0v) is 10.8. The summed E-state index contributed by atoms with van der Waals surface area (Å²) in [6, 6.07) is 3.51. The number of amides is 1. The molecule has 1 amide bonds. The first-order valence-corrected chi connectivity index (χ1v) is 6.22. The summed E-state index contributed by atoms with van der Waals surface area (Å²) in [6.07, 6.45) is 3.92. The second kappa shape index (κ2) is 5.82. The number of rotatable bonds is 3. The summed E-state index contributed by atoms with van der Waals surface area (Å²) in [6.45, 7) is 1.92. The molecule has 5 nitrogen and oxygen atoms in total. The van der Waals surface area contributed by atoms with Crippen molar-refractivity contribution in [1.82, 2.24) is 15.2 Å². The lowest BCUT2D eigenvalue weighted by Gasteiger charge is -2.23. The molecule has 18 heavy (non-hydrogen) atoms. The topological polar surface area (TPSA) is 54.5 Å². The molecule has 2 heterocycles. The monoisotopic (exact) mass is 249 g/mol. The largest absolute Gasteiger partial charge is 0.473 e. The van der Waals surface area contributed by atoms with Crippen LogP contribution in [0.25, 0.3) is 0 Å². The minimum absolute atomic E-state index is 0.0478. The predicted octanol–water partition coefficient (Wildman–Crippen LogP) is 0.914. The SMILES string of the molecule is CN(C)C(=O)c1ccc(O[C@H]2CCCNC2)nc1. The van der Waals surface area contributed by atoms with Crippen LogP contribution in [0, 0.1) is 0 Å². The van der Waals surface area contributed by atoms with Gasteiger partial charge in [0, 0.05) is 32.9 Å². The fraction of sp³-hybridized carbons (Fsp3) is 0.538. The number of hydrogen-bond acceptors (Lipinski definition) is 4. The molecule has 1 N–H and O–H groups in total. The van der Waals surface area contributed by atoms with Crippen LogP contribution in [-0.4, -0.2) is 49.1 Å². The fourth-order valence-corrected chi connectivity index (χ4v) is 1.93. The molecule has 0 spiro atoms. The number of piperidine rings is 1. The van der Waals surface area contributed by atoms with E-state index in [9.17, 15) is 4.79 Å². The highest BCUT2D eigenvalue weighted by Crippen LogP contribution is 2.14. The number of pyridine rings is 1. The molecule has 1 aromatic heterocycles. The van der Waals surface area contributed by atoms with Crippen molar-refractivity contribution in [3.63, 3.8) is 0 Å². The van der Waals surface area contributed by atoms with E-state index in [1.807, 2.05) is 0 Å². The molecular weight excluding hydrogens is 230 g/mol. The van der Waals surface area contributed by atoms with Gasteiger partial charge in [-0.05, 0) is 25.5 Å². The highest BCUT2D eigenvalue weighted by molar-refractivity contribution is 5.93. The van der Waals surface area contributed by atoms with E-state index in [-0.39, 0.29) is 12.0 Å². The number of aromatic nitrogens is 1. The summed E-state index contributed by atoms with van der Waals surface area (Å²) in [5.74, 6) is 0.535. The normalized spacial score (nSPS) is 19.3. The number of carbonyl (C=O) groups is 1. The van der Waals surface area contributed by atoms with Gasteiger partial charge < -0.3 is 15.0 Å². The average Bonchev–Trinajstić information content (AvgIpc) is 2.40. The Morgan fingerprint density at radius 3 is 2.89 bits per heavy atom. The van der Waals surface area contributed by atoms with Crippen LogP contribution in [0.15, 0.2) is 18.3 Å². The highest BCUT2D eigenvalue weighted by atomic mass is 16.5. The van der Waals surface area contributed by atoms with Crippen molar-refractivity contribution in [2.45, 2.75) is 18.9 Å². The first-order chi connectivity index (χ1) is 8.66. The van der Waals surface area contributed by atoms with Gasteiger partial charge in [-0.3, -0.25) is 4.79 Å². The molecule has 0 bridgehead atoms. The molecule has 1 atom stereocenters. The molecule has 1 aliphatic rings. The summed E-state index contributed by atoms with van der Waals surface area (Å²) in [4.78, 5) is 17.4. The number of hydrogen-bond donors (Lipinski definition) is 1. The Morgan fingerprint density at radius 1 is 1.50 bits per heavy atom. The van der Waals surface area contributed by atoms with Crippen LogP contribution in [0.1, 0.15) is 23.2 Å². The van der Waals surface area contributed by atoms with Crippen molar-refractivity contribution in [3.05, 3.63) is 23.9 Å². The Bertz CT molecular complexity index is 397. The number of carbonyl (C=O) groups excluding carboxylic acids is 1. The Balaban J connectivity index is 1.96. The molecule has 0 radical (unpaired) electrons. The second-order valence-electron chi connectivity index (χ2n) is 4.67. The second-order valence-corrected chi connectivity index (χ2v) is 4.67. The predicted molar refractivity (Wildman–Crippen MR) is 68.8 cm³/mol. The molecule has 5 heteroatoms. The molecule has 0 aliphatic carbocycles. The zero-order valence-electron chi connectivity index (χ0n) is 10.8. The summed E-state index contributed by atoms with van der Waals surface area (Å²) in [5.41, 5.74) is 0.578. The minimum atomic E-state index is -0.0478. The molecule has 1 fully saturated rings. The smallest absolute Gasteiger partial charge is 0.254 e. The van der Waals surface area contributed by atoms with Gasteiger partial charge >= 0.3 is 0 Å². The first kappa shape index (κ1) is 12.8. The highest BCUT2D eigenvalue weighted by Gasteiger charge is 2.15. The van der Waals surface area contributed by atoms with E-state index >= 15 is 0 Å². The molecule has 1 aliphatic heterocycles. The summed E-state index contributed by atoms with van der Waals surface area (Å²) >= 11 is 0. The first-order valence-electron chi connectivity index (χ1n) is 6.22. The minimum Gasteiger partial charge on any atom is -0.473 e. The van der Waals surface area contributed by atoms with E-state index in [1.54, 1.807) is 32.4 Å². The summed E-state index contributed by atoms with van der Waals surface area (Å²) in [5, 5.41) is 3.29. The third-order valence-corrected chi connectivity index (χ3v) is 2.93. The van der Waals surface area contributed by atoms with Crippen LogP contribution in [0.3, 0.4) is 0 Å². The van der Waals surface area contributed by atoms with Gasteiger partial charge in [-0.25, -0.2) is 4.98 Å². The van der Waals surface area contributed by atoms with Crippen molar-refractivity contribution in [3.8, 4) is 5.88 Å². The lowest BCUT2D eigenvalue weighted by atomic mass is 10.1. The summed E-state index contributed by atoms with van der Waals surface area (Å²) in [7, 11) is 3.45. The maximum absolute atomic E-state index is 11.7. The third-order valence-electron chi connectivity index (χ3n) is 2.93. The van der Waals surface area contributed by atoms with Gasteiger partial charge in [0.25, 0.3) is 5.91 Å². The van der Waals surface area contributed by atoms with Crippen molar-refractivity contribution in [1.29, 1.82) is 0 Å². The molecule has 1 saturated heterocycles. The fourth-order valence-electron chi connectivity index (χ4n) is 1.93. The lowest BCUT2D eigenvalue weighted by molar-refractivity contribution is 0.0827. The Kier molecular flexibility index (Phi) is 4.15. The Hall–Kier alpha value is -1.62. The van der Waals surface area contributed by atoms with Crippen LogP contribution >= 0.6 is 0 Å². The van der Waals surface area contributed by atoms with Crippen molar-refractivity contribution in [2.24, 2.45) is 0 Å². The quantitative estimate of drug-likeness (QED) is 0.865. The van der Waals surface area contributed by atoms with Gasteiger partial charge in [0.2, 0.25) is 5.88 Å². The maximum Gasteiger partial charge on any atom is 0.254 e. The van der Waals surface area contributed by atoms with Crippen molar-refractivity contribution in [2.75, 3.05) is 27.2 Å². The summed E-state index contributed by atoms with van der Waals surface area (Å²) < 4.78 is 5.75. The molecule has 0 unspecified atom stereocenters. The number of ether oxygens (including phenoxy) is 1. The molecule has 98 valence electrons. The zero-order chi connectivity index (χ0) is 13.0. The maximum atomic E-state index is 11.7. The van der Waals surface area contributed by atoms with E-state index in [0.29, 0.717) is 11.4 Å². The van der Waals surface area contributed by atoms with Gasteiger partial charge in [0.1, 0.15) is 6.10 Å². The number of nitrogens with zero attached hydrogens (tertiary/aromatic N) is 2. The third kappa shape index (κ3) is 3.20. The van der Waals surface area contributed by atoms with Gasteiger partial charge in [-0.1, -0.05) is 0 Å². The molecule has 2 rings (SSSR count). The van der Waals surface area contributed by atoms with Crippen molar-refractivity contribution >= 4 is 5.91 Å². The average molecular weight is 249 g/mol. The Labute approximate surface area is 107 Å². The standard InChI is InChI=1S/C13H19N3O2/c1-16(2)13(17)10-5-6-12(15-8-10)18-11-4-3-7-14-9-11/h5-6,8,11,14H,3-4,7,9H2,1-2H3/t11-/m0/s1. The van der Waals surface area contributed by atoms with Crippen LogP contribution in [0.4, 0.5) is 0 Å². The van der Waals surface area contributed by atoms with E-state index in [0.717, 1.165) is 25.9 Å². The van der Waals surface area contributed by atoms with E-state index < -0.39 is 0 Å². The van der Waals surface area contributed by atoms with Gasteiger partial charge in [-0.15, -0.1) is 0 Å². The van der Waals surface area contributed by atoms with Crippen molar-refractivity contribution < 1.29 is 9.53 Å². The molecular formula is C13H19N3O2. The molecule has 0 saturated carbocycles. The lowest BCUT2D eigenvalue weighted by Crippen LogP contribution is -2.37. The van der Waals surface area contributed by atoms with Gasteiger partial charge in [0.15, 0.2) is 0 Å². The van der Waals surface area contributed by atoms with Crippen LogP contribution in [0.5, 0.6) is 5.88 Å². The van der Waals surface area contributed by atoms with Crippen LogP contribution in [-0.2, 0) is 0 Å². The number of nitrogens with one attached hydrogen (secondary N) is 1. The van der Waals surface area contributed by atoms with E-state index in [1.165, 1.54) is 4.90 Å². The Morgan fingerprint density at radius 2 is 2.33 bits per heavy atom. The van der Waals surface area contributed by atoms with Gasteiger partial charge in [-0.2, -0.15) is 0 Å². The van der Waals surface area contributed by atoms with E-state index in [4.69, 9.17) is 4.74 Å².